The van der Waals surface area contributed by atoms with Crippen LogP contribution in [0.5, 0.6) is 0 Å². The number of nitro groups is 1. The number of amides is 1. The summed E-state index contributed by atoms with van der Waals surface area (Å²) >= 11 is 0. The van der Waals surface area contributed by atoms with Crippen LogP contribution in [0.15, 0.2) is 23.8 Å². The number of carbonyl (C=O) groups is 2. The van der Waals surface area contributed by atoms with Gasteiger partial charge in [0.2, 0.25) is 5.91 Å². The van der Waals surface area contributed by atoms with E-state index < -0.39 is 4.92 Å². The first-order valence-electron chi connectivity index (χ1n) is 5.95. The monoisotopic (exact) mass is 258 g/mol. The predicted octanol–water partition coefficient (Wildman–Crippen LogP) is 1.80. The molecule has 1 aliphatic heterocycles. The van der Waals surface area contributed by atoms with E-state index in [1.54, 1.807) is 6.07 Å². The molecule has 0 radical (unpaired) electrons. The van der Waals surface area contributed by atoms with E-state index in [2.05, 4.69) is 5.32 Å². The molecule has 0 aromatic heterocycles. The van der Waals surface area contributed by atoms with Gasteiger partial charge in [-0.15, -0.1) is 0 Å². The predicted molar refractivity (Wildman–Crippen MR) is 66.3 cm³/mol. The number of allylic oxidation sites excluding steroid dienone is 1. The van der Waals surface area contributed by atoms with Crippen LogP contribution < -0.4 is 5.32 Å². The maximum absolute atomic E-state index is 12.3. The number of benzene rings is 1. The van der Waals surface area contributed by atoms with Gasteiger partial charge in [0.15, 0.2) is 5.78 Å². The number of nitrogens with one attached hydrogen (secondary N) is 1. The lowest BCUT2D eigenvalue weighted by Crippen LogP contribution is -2.19. The molecular formula is C13H10N2O4. The molecule has 1 aromatic carbocycles. The van der Waals surface area contributed by atoms with Crippen LogP contribution in [-0.2, 0) is 4.79 Å². The molecule has 0 saturated carbocycles. The van der Waals surface area contributed by atoms with Crippen LogP contribution in [0.3, 0.4) is 0 Å². The third-order valence-electron chi connectivity index (χ3n) is 3.41. The molecule has 3 rings (SSSR count). The highest BCUT2D eigenvalue weighted by molar-refractivity contribution is 6.23. The Morgan fingerprint density at radius 1 is 1.21 bits per heavy atom. The number of carbonyl (C=O) groups excluding carboxylic acids is 2. The van der Waals surface area contributed by atoms with Crippen molar-refractivity contribution in [3.05, 3.63) is 45.0 Å². The topological polar surface area (TPSA) is 89.3 Å². The van der Waals surface area contributed by atoms with Gasteiger partial charge in [0, 0.05) is 23.6 Å². The minimum Gasteiger partial charge on any atom is -0.325 e. The van der Waals surface area contributed by atoms with E-state index in [1.807, 2.05) is 0 Å². The van der Waals surface area contributed by atoms with Crippen LogP contribution in [-0.4, -0.2) is 16.6 Å². The molecular weight excluding hydrogens is 248 g/mol. The summed E-state index contributed by atoms with van der Waals surface area (Å²) in [7, 11) is 0. The summed E-state index contributed by atoms with van der Waals surface area (Å²) in [6.45, 7) is 0. The number of hydrogen-bond acceptors (Lipinski definition) is 4. The summed E-state index contributed by atoms with van der Waals surface area (Å²) in [4.78, 5) is 34.3. The van der Waals surface area contributed by atoms with E-state index in [0.717, 1.165) is 0 Å². The Balaban J connectivity index is 2.20. The summed E-state index contributed by atoms with van der Waals surface area (Å²) in [5.41, 5.74) is 1.29. The Labute approximate surface area is 108 Å². The quantitative estimate of drug-likeness (QED) is 0.614. The zero-order chi connectivity index (χ0) is 13.6. The van der Waals surface area contributed by atoms with Gasteiger partial charge in [-0.3, -0.25) is 19.7 Å². The van der Waals surface area contributed by atoms with Crippen molar-refractivity contribution in [2.75, 3.05) is 0 Å². The largest absolute Gasteiger partial charge is 0.325 e. The number of Topliss-reactive ketones (excluding diaryl/α,β-unsaturated/α-hetero) is 1. The average molecular weight is 258 g/mol. The van der Waals surface area contributed by atoms with E-state index >= 15 is 0 Å². The summed E-state index contributed by atoms with van der Waals surface area (Å²) in [6.07, 6.45) is 1.42. The Morgan fingerprint density at radius 3 is 2.74 bits per heavy atom. The fraction of sp³-hybridized carbons (Fsp3) is 0.231. The highest BCUT2D eigenvalue weighted by Crippen LogP contribution is 2.39. The highest BCUT2D eigenvalue weighted by Gasteiger charge is 2.37. The van der Waals surface area contributed by atoms with E-state index in [4.69, 9.17) is 0 Å². The maximum atomic E-state index is 12.3. The molecule has 0 atom stereocenters. The molecule has 0 spiro atoms. The number of nitro benzene ring substituents is 1. The van der Waals surface area contributed by atoms with Gasteiger partial charge in [-0.1, -0.05) is 12.1 Å². The molecule has 6 heteroatoms. The van der Waals surface area contributed by atoms with E-state index in [9.17, 15) is 19.7 Å². The first-order chi connectivity index (χ1) is 9.09. The molecule has 1 N–H and O–H groups in total. The minimum atomic E-state index is -0.565. The molecule has 1 aliphatic carbocycles. The molecule has 0 bridgehead atoms. The first-order valence-corrected chi connectivity index (χ1v) is 5.95. The Hall–Kier alpha value is -2.50. The smallest absolute Gasteiger partial charge is 0.281 e. The lowest BCUT2D eigenvalue weighted by Gasteiger charge is -2.06. The third kappa shape index (κ3) is 1.64. The lowest BCUT2D eigenvalue weighted by atomic mass is 10.0. The number of nitrogens with zero attached hydrogens (tertiary/aromatic N) is 1. The maximum Gasteiger partial charge on any atom is 0.281 e. The molecule has 0 saturated heterocycles. The average Bonchev–Trinajstić information content (AvgIpc) is 2.54. The van der Waals surface area contributed by atoms with E-state index in [0.29, 0.717) is 36.1 Å². The molecule has 6 nitrogen and oxygen atoms in total. The number of hydrogen-bond donors (Lipinski definition) is 1. The molecule has 1 heterocycles. The fourth-order valence-electron chi connectivity index (χ4n) is 2.58. The van der Waals surface area contributed by atoms with Crippen molar-refractivity contribution < 1.29 is 14.5 Å². The molecule has 19 heavy (non-hydrogen) atoms. The second kappa shape index (κ2) is 4.01. The van der Waals surface area contributed by atoms with E-state index in [1.165, 1.54) is 12.1 Å². The van der Waals surface area contributed by atoms with Crippen molar-refractivity contribution in [1.82, 2.24) is 5.32 Å². The van der Waals surface area contributed by atoms with Gasteiger partial charge in [-0.25, -0.2) is 0 Å². The van der Waals surface area contributed by atoms with Crippen LogP contribution in [0.25, 0.3) is 5.70 Å². The van der Waals surface area contributed by atoms with Crippen molar-refractivity contribution in [3.8, 4) is 0 Å². The van der Waals surface area contributed by atoms with Gasteiger partial charge in [0.05, 0.1) is 10.6 Å². The molecule has 1 amide bonds. The van der Waals surface area contributed by atoms with Crippen molar-refractivity contribution in [2.24, 2.45) is 0 Å². The van der Waals surface area contributed by atoms with Crippen molar-refractivity contribution in [1.29, 1.82) is 0 Å². The van der Waals surface area contributed by atoms with Crippen LogP contribution in [0.4, 0.5) is 5.69 Å². The van der Waals surface area contributed by atoms with Gasteiger partial charge in [-0.2, -0.15) is 0 Å². The van der Waals surface area contributed by atoms with Gasteiger partial charge in [-0.05, 0) is 12.8 Å². The standard InChI is InChI=1S/C13H10N2O4/c16-10-6-2-4-8-12(14-10)7-3-1-5-9(15(18)19)11(7)13(8)17/h1,3,5H,2,4,6H2,(H,14,16). The second-order valence-corrected chi connectivity index (χ2v) is 4.54. The Bertz CT molecular complexity index is 661. The molecule has 0 fully saturated rings. The van der Waals surface area contributed by atoms with Gasteiger partial charge < -0.3 is 5.32 Å². The molecule has 1 aromatic rings. The van der Waals surface area contributed by atoms with Gasteiger partial charge >= 0.3 is 0 Å². The number of rotatable bonds is 1. The second-order valence-electron chi connectivity index (χ2n) is 4.54. The third-order valence-corrected chi connectivity index (χ3v) is 3.41. The zero-order valence-corrected chi connectivity index (χ0v) is 9.93. The van der Waals surface area contributed by atoms with E-state index in [-0.39, 0.29) is 22.9 Å². The van der Waals surface area contributed by atoms with Crippen molar-refractivity contribution in [3.63, 3.8) is 0 Å². The van der Waals surface area contributed by atoms with Crippen LogP contribution in [0, 0.1) is 10.1 Å². The summed E-state index contributed by atoms with van der Waals surface area (Å²) < 4.78 is 0. The van der Waals surface area contributed by atoms with Gasteiger partial charge in [0.1, 0.15) is 5.56 Å². The number of ketones is 1. The first kappa shape index (κ1) is 11.6. The Morgan fingerprint density at radius 2 is 2.00 bits per heavy atom. The van der Waals surface area contributed by atoms with Crippen molar-refractivity contribution in [2.45, 2.75) is 19.3 Å². The fourth-order valence-corrected chi connectivity index (χ4v) is 2.58. The molecule has 2 aliphatic rings. The highest BCUT2D eigenvalue weighted by atomic mass is 16.6. The summed E-state index contributed by atoms with van der Waals surface area (Å²) in [5.74, 6) is -0.489. The number of fused-ring (bicyclic) bond motifs is 2. The molecule has 0 unspecified atom stereocenters. The van der Waals surface area contributed by atoms with Gasteiger partial charge in [0.25, 0.3) is 5.69 Å². The normalized spacial score (nSPS) is 17.7. The zero-order valence-electron chi connectivity index (χ0n) is 9.93. The summed E-state index contributed by atoms with van der Waals surface area (Å²) in [5, 5.41) is 13.7. The van der Waals surface area contributed by atoms with Crippen molar-refractivity contribution >= 4 is 23.1 Å². The molecule has 96 valence electrons. The minimum absolute atomic E-state index is 0.0969. The van der Waals surface area contributed by atoms with Crippen LogP contribution >= 0.6 is 0 Å². The lowest BCUT2D eigenvalue weighted by molar-refractivity contribution is -0.385. The van der Waals surface area contributed by atoms with Crippen LogP contribution in [0.2, 0.25) is 0 Å². The Kier molecular flexibility index (Phi) is 2.45. The SMILES string of the molecule is O=C1CCCC2=C(N1)c1cccc([N+](=O)[O-])c1C2=O. The summed E-state index contributed by atoms with van der Waals surface area (Å²) in [6, 6.07) is 4.47. The van der Waals surface area contributed by atoms with Crippen LogP contribution in [0.1, 0.15) is 35.2 Å².